The molecule has 7 heteroatoms. The van der Waals surface area contributed by atoms with Crippen molar-refractivity contribution >= 4 is 5.91 Å². The molecule has 1 amide bonds. The number of hydrogen-bond acceptors (Lipinski definition) is 6. The first-order valence-corrected chi connectivity index (χ1v) is 9.21. The number of hydrogen-bond donors (Lipinski definition) is 1. The van der Waals surface area contributed by atoms with E-state index in [4.69, 9.17) is 4.42 Å². The molecule has 2 aromatic rings. The lowest BCUT2D eigenvalue weighted by Gasteiger charge is -2.39. The Hall–Kier alpha value is -2.25. The second-order valence-corrected chi connectivity index (χ2v) is 7.23. The minimum Gasteiger partial charge on any atom is -0.419 e. The second kappa shape index (κ2) is 7.17. The lowest BCUT2D eigenvalue weighted by atomic mass is 9.78. The van der Waals surface area contributed by atoms with Gasteiger partial charge in [-0.2, -0.15) is 0 Å². The molecule has 2 aliphatic rings. The van der Waals surface area contributed by atoms with Gasteiger partial charge >= 0.3 is 0 Å². The second-order valence-electron chi connectivity index (χ2n) is 7.23. The zero-order valence-corrected chi connectivity index (χ0v) is 14.8. The number of piperidine rings is 1. The predicted octanol–water partition coefficient (Wildman–Crippen LogP) is 1.54. The average molecular weight is 356 g/mol. The third-order valence-electron chi connectivity index (χ3n) is 5.47. The highest BCUT2D eigenvalue weighted by atomic mass is 16.4. The maximum absolute atomic E-state index is 12.9. The first-order chi connectivity index (χ1) is 12.7. The number of rotatable bonds is 5. The van der Waals surface area contributed by atoms with E-state index in [1.165, 1.54) is 0 Å². The SMILES string of the molecule is O=C1N(CCO)CCC[C@]12CCN(Cc1nnc(-c3ccccc3)o1)C2. The van der Waals surface area contributed by atoms with Gasteiger partial charge in [-0.1, -0.05) is 18.2 Å². The minimum atomic E-state index is -0.310. The summed E-state index contributed by atoms with van der Waals surface area (Å²) in [5, 5.41) is 17.5. The van der Waals surface area contributed by atoms with Gasteiger partial charge in [-0.05, 0) is 37.9 Å². The van der Waals surface area contributed by atoms with Crippen LogP contribution in [0.15, 0.2) is 34.7 Å². The van der Waals surface area contributed by atoms with E-state index in [0.29, 0.717) is 24.9 Å². The Morgan fingerprint density at radius 2 is 2.00 bits per heavy atom. The molecule has 1 aromatic heterocycles. The van der Waals surface area contributed by atoms with Crippen molar-refractivity contribution < 1.29 is 14.3 Å². The normalized spacial score (nSPS) is 23.9. The van der Waals surface area contributed by atoms with Crippen LogP contribution in [0.5, 0.6) is 0 Å². The topological polar surface area (TPSA) is 82.7 Å². The highest BCUT2D eigenvalue weighted by Crippen LogP contribution is 2.40. The standard InChI is InChI=1S/C19H24N4O3/c24-12-11-23-9-4-7-19(18(23)25)8-10-22(14-19)13-16-20-21-17(26-16)15-5-2-1-3-6-15/h1-3,5-6,24H,4,7-14H2/t19-/m1/s1. The highest BCUT2D eigenvalue weighted by Gasteiger charge is 2.48. The maximum Gasteiger partial charge on any atom is 0.247 e. The molecular weight excluding hydrogens is 332 g/mol. The van der Waals surface area contributed by atoms with Gasteiger partial charge in [-0.3, -0.25) is 9.69 Å². The monoisotopic (exact) mass is 356 g/mol. The summed E-state index contributed by atoms with van der Waals surface area (Å²) >= 11 is 0. The number of benzene rings is 1. The van der Waals surface area contributed by atoms with Crippen molar-refractivity contribution in [2.75, 3.05) is 32.8 Å². The van der Waals surface area contributed by atoms with E-state index in [2.05, 4.69) is 15.1 Å². The summed E-state index contributed by atoms with van der Waals surface area (Å²) in [6.45, 7) is 3.35. The van der Waals surface area contributed by atoms with Gasteiger partial charge in [0, 0.05) is 25.2 Å². The summed E-state index contributed by atoms with van der Waals surface area (Å²) in [6.07, 6.45) is 2.77. The summed E-state index contributed by atoms with van der Waals surface area (Å²) in [5.74, 6) is 1.30. The Kier molecular flexibility index (Phi) is 4.74. The highest BCUT2D eigenvalue weighted by molar-refractivity contribution is 5.84. The lowest BCUT2D eigenvalue weighted by Crippen LogP contribution is -2.50. The maximum atomic E-state index is 12.9. The van der Waals surface area contributed by atoms with E-state index in [1.807, 2.05) is 35.2 Å². The van der Waals surface area contributed by atoms with Crippen LogP contribution >= 0.6 is 0 Å². The van der Waals surface area contributed by atoms with Crippen LogP contribution in [0.2, 0.25) is 0 Å². The number of carbonyl (C=O) groups is 1. The third-order valence-corrected chi connectivity index (χ3v) is 5.47. The summed E-state index contributed by atoms with van der Waals surface area (Å²) in [7, 11) is 0. The molecule has 4 rings (SSSR count). The van der Waals surface area contributed by atoms with E-state index in [9.17, 15) is 9.90 Å². The Morgan fingerprint density at radius 3 is 2.81 bits per heavy atom. The van der Waals surface area contributed by atoms with Crippen molar-refractivity contribution in [3.63, 3.8) is 0 Å². The molecule has 2 aliphatic heterocycles. The fourth-order valence-electron chi connectivity index (χ4n) is 4.16. The van der Waals surface area contributed by atoms with Crippen molar-refractivity contribution in [2.45, 2.75) is 25.8 Å². The number of carbonyl (C=O) groups excluding carboxylic acids is 1. The molecule has 138 valence electrons. The molecule has 1 spiro atoms. The molecule has 26 heavy (non-hydrogen) atoms. The molecule has 7 nitrogen and oxygen atoms in total. The lowest BCUT2D eigenvalue weighted by molar-refractivity contribution is -0.146. The van der Waals surface area contributed by atoms with Crippen LogP contribution in [0, 0.1) is 5.41 Å². The first-order valence-electron chi connectivity index (χ1n) is 9.21. The van der Waals surface area contributed by atoms with E-state index >= 15 is 0 Å². The number of nitrogens with zero attached hydrogens (tertiary/aromatic N) is 4. The van der Waals surface area contributed by atoms with Crippen LogP contribution in [-0.4, -0.2) is 63.8 Å². The van der Waals surface area contributed by atoms with E-state index in [1.54, 1.807) is 0 Å². The van der Waals surface area contributed by atoms with Gasteiger partial charge in [0.1, 0.15) is 0 Å². The van der Waals surface area contributed by atoms with Gasteiger partial charge in [-0.25, -0.2) is 0 Å². The van der Waals surface area contributed by atoms with Crippen LogP contribution in [0.1, 0.15) is 25.2 Å². The fraction of sp³-hybridized carbons (Fsp3) is 0.526. The number of aliphatic hydroxyl groups is 1. The summed E-state index contributed by atoms with van der Waals surface area (Å²) in [5.41, 5.74) is 0.599. The Bertz CT molecular complexity index is 761. The largest absolute Gasteiger partial charge is 0.419 e. The van der Waals surface area contributed by atoms with Crippen LogP contribution in [0.3, 0.4) is 0 Å². The van der Waals surface area contributed by atoms with Gasteiger partial charge in [-0.15, -0.1) is 10.2 Å². The molecule has 0 saturated carbocycles. The van der Waals surface area contributed by atoms with Crippen molar-refractivity contribution in [1.82, 2.24) is 20.0 Å². The average Bonchev–Trinajstić information content (AvgIpc) is 3.29. The van der Waals surface area contributed by atoms with Crippen molar-refractivity contribution in [1.29, 1.82) is 0 Å². The summed E-state index contributed by atoms with van der Waals surface area (Å²) in [6, 6.07) is 9.72. The molecule has 0 aliphatic carbocycles. The zero-order chi connectivity index (χ0) is 18.0. The van der Waals surface area contributed by atoms with Gasteiger partial charge < -0.3 is 14.4 Å². The van der Waals surface area contributed by atoms with Crippen LogP contribution < -0.4 is 0 Å². The molecule has 2 fully saturated rings. The number of likely N-dealkylation sites (tertiary alicyclic amines) is 2. The number of β-amino-alcohol motifs (C(OH)–C–C–N with tert-alkyl or cyclic N) is 1. The molecule has 3 heterocycles. The smallest absolute Gasteiger partial charge is 0.247 e. The minimum absolute atomic E-state index is 0.0236. The van der Waals surface area contributed by atoms with E-state index in [0.717, 1.165) is 44.5 Å². The predicted molar refractivity (Wildman–Crippen MR) is 95.0 cm³/mol. The molecular formula is C19H24N4O3. The molecule has 0 bridgehead atoms. The van der Waals surface area contributed by atoms with Crippen molar-refractivity contribution in [2.24, 2.45) is 5.41 Å². The molecule has 1 atom stereocenters. The number of aromatic nitrogens is 2. The first kappa shape index (κ1) is 17.2. The van der Waals surface area contributed by atoms with Crippen molar-refractivity contribution in [3.8, 4) is 11.5 Å². The Morgan fingerprint density at radius 1 is 1.15 bits per heavy atom. The summed E-state index contributed by atoms with van der Waals surface area (Å²) < 4.78 is 5.80. The molecule has 1 aromatic carbocycles. The third kappa shape index (κ3) is 3.24. The molecule has 2 saturated heterocycles. The van der Waals surface area contributed by atoms with Gasteiger partial charge in [0.25, 0.3) is 0 Å². The molecule has 0 radical (unpaired) electrons. The molecule has 1 N–H and O–H groups in total. The van der Waals surface area contributed by atoms with E-state index in [-0.39, 0.29) is 17.9 Å². The zero-order valence-electron chi connectivity index (χ0n) is 14.8. The van der Waals surface area contributed by atoms with Gasteiger partial charge in [0.2, 0.25) is 17.7 Å². The quantitative estimate of drug-likeness (QED) is 0.875. The summed E-state index contributed by atoms with van der Waals surface area (Å²) in [4.78, 5) is 16.9. The van der Waals surface area contributed by atoms with E-state index < -0.39 is 0 Å². The van der Waals surface area contributed by atoms with Crippen LogP contribution in [0.25, 0.3) is 11.5 Å². The van der Waals surface area contributed by atoms with Crippen LogP contribution in [-0.2, 0) is 11.3 Å². The van der Waals surface area contributed by atoms with Crippen LogP contribution in [0.4, 0.5) is 0 Å². The fourth-order valence-corrected chi connectivity index (χ4v) is 4.16. The Balaban J connectivity index is 1.42. The van der Waals surface area contributed by atoms with Gasteiger partial charge in [0.05, 0.1) is 18.6 Å². The van der Waals surface area contributed by atoms with Gasteiger partial charge in [0.15, 0.2) is 0 Å². The Labute approximate surface area is 152 Å². The number of amides is 1. The number of aliphatic hydroxyl groups excluding tert-OH is 1. The molecule has 0 unspecified atom stereocenters. The van der Waals surface area contributed by atoms with Crippen molar-refractivity contribution in [3.05, 3.63) is 36.2 Å².